The molecule has 0 aliphatic rings. The van der Waals surface area contributed by atoms with Gasteiger partial charge in [0.25, 0.3) is 0 Å². The molecular formula is C17H17N5O2. The molecule has 0 fully saturated rings. The number of benzene rings is 1. The van der Waals surface area contributed by atoms with Crippen molar-refractivity contribution in [3.63, 3.8) is 0 Å². The SMILES string of the molecule is CCCNc1nc(Nc2ccc3cnccc3c2)ncc1C(=O)O. The Morgan fingerprint density at radius 1 is 1.21 bits per heavy atom. The molecular weight excluding hydrogens is 306 g/mol. The zero-order chi connectivity index (χ0) is 16.9. The summed E-state index contributed by atoms with van der Waals surface area (Å²) in [5.74, 6) is -0.405. The third-order valence-corrected chi connectivity index (χ3v) is 3.46. The van der Waals surface area contributed by atoms with Gasteiger partial charge in [-0.25, -0.2) is 9.78 Å². The molecule has 1 aromatic carbocycles. The van der Waals surface area contributed by atoms with Crippen LogP contribution in [0.25, 0.3) is 10.8 Å². The monoisotopic (exact) mass is 323 g/mol. The fraction of sp³-hybridized carbons (Fsp3) is 0.176. The van der Waals surface area contributed by atoms with E-state index in [4.69, 9.17) is 0 Å². The molecule has 3 N–H and O–H groups in total. The lowest BCUT2D eigenvalue weighted by Gasteiger charge is -2.10. The zero-order valence-electron chi connectivity index (χ0n) is 13.2. The number of nitrogens with one attached hydrogen (secondary N) is 2. The molecule has 7 nitrogen and oxygen atoms in total. The van der Waals surface area contributed by atoms with E-state index in [9.17, 15) is 9.90 Å². The number of nitrogens with zero attached hydrogens (tertiary/aromatic N) is 3. The molecule has 0 spiro atoms. The Morgan fingerprint density at radius 3 is 2.88 bits per heavy atom. The summed E-state index contributed by atoms with van der Waals surface area (Å²) < 4.78 is 0. The Balaban J connectivity index is 1.89. The molecule has 3 aromatic rings. The van der Waals surface area contributed by atoms with Gasteiger partial charge in [0.15, 0.2) is 0 Å². The van der Waals surface area contributed by atoms with Crippen molar-refractivity contribution < 1.29 is 9.90 Å². The van der Waals surface area contributed by atoms with Gasteiger partial charge < -0.3 is 15.7 Å². The normalized spacial score (nSPS) is 10.5. The van der Waals surface area contributed by atoms with Crippen molar-refractivity contribution in [2.45, 2.75) is 13.3 Å². The average Bonchev–Trinajstić information content (AvgIpc) is 2.59. The van der Waals surface area contributed by atoms with Gasteiger partial charge in [0.05, 0.1) is 0 Å². The van der Waals surface area contributed by atoms with Crippen LogP contribution in [-0.2, 0) is 0 Å². The van der Waals surface area contributed by atoms with Gasteiger partial charge in [0.2, 0.25) is 5.95 Å². The van der Waals surface area contributed by atoms with E-state index in [0.29, 0.717) is 18.3 Å². The Morgan fingerprint density at radius 2 is 2.08 bits per heavy atom. The predicted octanol–water partition coefficient (Wildman–Crippen LogP) is 3.29. The summed E-state index contributed by atoms with van der Waals surface area (Å²) in [6.45, 7) is 2.64. The molecule has 2 heterocycles. The molecule has 0 radical (unpaired) electrons. The predicted molar refractivity (Wildman–Crippen MR) is 92.8 cm³/mol. The van der Waals surface area contributed by atoms with Gasteiger partial charge in [-0.15, -0.1) is 0 Å². The van der Waals surface area contributed by atoms with E-state index in [1.165, 1.54) is 6.20 Å². The van der Waals surface area contributed by atoms with Gasteiger partial charge in [-0.2, -0.15) is 4.98 Å². The zero-order valence-corrected chi connectivity index (χ0v) is 13.2. The molecule has 122 valence electrons. The molecule has 0 atom stereocenters. The van der Waals surface area contributed by atoms with Crippen LogP contribution in [0.1, 0.15) is 23.7 Å². The molecule has 3 rings (SSSR count). The first-order valence-corrected chi connectivity index (χ1v) is 7.62. The molecule has 0 aliphatic carbocycles. The van der Waals surface area contributed by atoms with Crippen LogP contribution in [0.5, 0.6) is 0 Å². The van der Waals surface area contributed by atoms with Gasteiger partial charge >= 0.3 is 5.97 Å². The van der Waals surface area contributed by atoms with Crippen LogP contribution < -0.4 is 10.6 Å². The standard InChI is InChI=1S/C17H17N5O2/c1-2-6-19-15-14(16(23)24)10-20-17(22-15)21-13-4-3-12-9-18-7-5-11(12)8-13/h3-5,7-10H,2,6H2,1H3,(H,23,24)(H2,19,20,21,22). The molecule has 0 aliphatic heterocycles. The number of carboxylic acids is 1. The lowest BCUT2D eigenvalue weighted by Crippen LogP contribution is -2.11. The molecule has 7 heteroatoms. The van der Waals surface area contributed by atoms with E-state index in [1.807, 2.05) is 31.2 Å². The van der Waals surface area contributed by atoms with Crippen molar-refractivity contribution in [1.82, 2.24) is 15.0 Å². The highest BCUT2D eigenvalue weighted by molar-refractivity contribution is 5.93. The van der Waals surface area contributed by atoms with E-state index >= 15 is 0 Å². The van der Waals surface area contributed by atoms with Crippen LogP contribution >= 0.6 is 0 Å². The maximum absolute atomic E-state index is 11.3. The van der Waals surface area contributed by atoms with Gasteiger partial charge in [-0.3, -0.25) is 4.98 Å². The van der Waals surface area contributed by atoms with Crippen LogP contribution in [0.4, 0.5) is 17.5 Å². The molecule has 0 saturated carbocycles. The molecule has 24 heavy (non-hydrogen) atoms. The molecule has 0 amide bonds. The second-order valence-corrected chi connectivity index (χ2v) is 5.25. The van der Waals surface area contributed by atoms with E-state index < -0.39 is 5.97 Å². The largest absolute Gasteiger partial charge is 0.477 e. The topological polar surface area (TPSA) is 100 Å². The van der Waals surface area contributed by atoms with E-state index in [1.54, 1.807) is 12.4 Å². The number of fused-ring (bicyclic) bond motifs is 1. The van der Waals surface area contributed by atoms with Crippen molar-refractivity contribution in [1.29, 1.82) is 0 Å². The van der Waals surface area contributed by atoms with Gasteiger partial charge in [-0.05, 0) is 30.0 Å². The quantitative estimate of drug-likeness (QED) is 0.640. The second-order valence-electron chi connectivity index (χ2n) is 5.25. The third-order valence-electron chi connectivity index (χ3n) is 3.46. The fourth-order valence-electron chi connectivity index (χ4n) is 2.27. The number of carbonyl (C=O) groups is 1. The van der Waals surface area contributed by atoms with Crippen molar-refractivity contribution >= 4 is 34.2 Å². The smallest absolute Gasteiger partial charge is 0.341 e. The summed E-state index contributed by atoms with van der Waals surface area (Å²) >= 11 is 0. The van der Waals surface area contributed by atoms with Crippen LogP contribution in [0, 0.1) is 0 Å². The number of aromatic carboxylic acids is 1. The Hall–Kier alpha value is -3.22. The number of hydrogen-bond acceptors (Lipinski definition) is 6. The fourth-order valence-corrected chi connectivity index (χ4v) is 2.27. The highest BCUT2D eigenvalue weighted by Gasteiger charge is 2.13. The number of carboxylic acid groups (broad SMARTS) is 1. The molecule has 2 aromatic heterocycles. The average molecular weight is 323 g/mol. The summed E-state index contributed by atoms with van der Waals surface area (Å²) in [5.41, 5.74) is 0.872. The summed E-state index contributed by atoms with van der Waals surface area (Å²) in [6, 6.07) is 7.73. The van der Waals surface area contributed by atoms with Crippen LogP contribution in [0.3, 0.4) is 0 Å². The van der Waals surface area contributed by atoms with Gasteiger partial charge in [0.1, 0.15) is 11.4 Å². The number of hydrogen-bond donors (Lipinski definition) is 3. The van der Waals surface area contributed by atoms with E-state index in [0.717, 1.165) is 22.9 Å². The lowest BCUT2D eigenvalue weighted by molar-refractivity contribution is 0.0697. The van der Waals surface area contributed by atoms with E-state index in [-0.39, 0.29) is 5.56 Å². The molecule has 0 bridgehead atoms. The highest BCUT2D eigenvalue weighted by Crippen LogP contribution is 2.21. The van der Waals surface area contributed by atoms with Crippen molar-refractivity contribution in [2.24, 2.45) is 0 Å². The van der Waals surface area contributed by atoms with Gasteiger partial charge in [0, 0.05) is 36.2 Å². The van der Waals surface area contributed by atoms with E-state index in [2.05, 4.69) is 25.6 Å². The van der Waals surface area contributed by atoms with Crippen molar-refractivity contribution in [3.8, 4) is 0 Å². The van der Waals surface area contributed by atoms with Crippen molar-refractivity contribution in [2.75, 3.05) is 17.2 Å². The van der Waals surface area contributed by atoms with Crippen LogP contribution in [0.2, 0.25) is 0 Å². The van der Waals surface area contributed by atoms with Crippen molar-refractivity contribution in [3.05, 3.63) is 48.4 Å². The summed E-state index contributed by atoms with van der Waals surface area (Å²) in [4.78, 5) is 23.7. The Kier molecular flexibility index (Phi) is 4.51. The first-order chi connectivity index (χ1) is 11.7. The van der Waals surface area contributed by atoms with Gasteiger partial charge in [-0.1, -0.05) is 13.0 Å². The minimum absolute atomic E-state index is 0.0542. The number of aromatic nitrogens is 3. The second kappa shape index (κ2) is 6.91. The maximum Gasteiger partial charge on any atom is 0.341 e. The summed E-state index contributed by atoms with van der Waals surface area (Å²) in [7, 11) is 0. The minimum Gasteiger partial charge on any atom is -0.477 e. The Labute approximate surface area is 138 Å². The third kappa shape index (κ3) is 3.40. The number of rotatable bonds is 6. The minimum atomic E-state index is -1.06. The molecule has 0 saturated heterocycles. The lowest BCUT2D eigenvalue weighted by atomic mass is 10.1. The summed E-state index contributed by atoms with van der Waals surface area (Å²) in [5, 5.41) is 17.4. The highest BCUT2D eigenvalue weighted by atomic mass is 16.4. The van der Waals surface area contributed by atoms with Crippen LogP contribution in [0.15, 0.2) is 42.9 Å². The first-order valence-electron chi connectivity index (χ1n) is 7.62. The number of anilines is 3. The molecule has 0 unspecified atom stereocenters. The summed E-state index contributed by atoms with van der Waals surface area (Å²) in [6.07, 6.45) is 5.70. The first kappa shape index (κ1) is 15.7. The maximum atomic E-state index is 11.3. The Bertz CT molecular complexity index is 882. The number of pyridine rings is 1. The van der Waals surface area contributed by atoms with Crippen LogP contribution in [-0.4, -0.2) is 32.6 Å².